The third kappa shape index (κ3) is 3.30. The third-order valence-electron chi connectivity index (χ3n) is 3.65. The van der Waals surface area contributed by atoms with E-state index < -0.39 is 28.9 Å². The van der Waals surface area contributed by atoms with Crippen molar-refractivity contribution in [3.8, 4) is 0 Å². The van der Waals surface area contributed by atoms with Gasteiger partial charge in [0.2, 0.25) is 0 Å². The SMILES string of the molecule is NC1CCCC(CNC(=O)c2ccc(F)c(F)c2F)C1. The first-order valence-electron chi connectivity index (χ1n) is 6.66. The van der Waals surface area contributed by atoms with Crippen molar-refractivity contribution in [3.63, 3.8) is 0 Å². The average Bonchev–Trinajstić information content (AvgIpc) is 2.42. The molecule has 3 nitrogen and oxygen atoms in total. The highest BCUT2D eigenvalue weighted by Gasteiger charge is 2.22. The fraction of sp³-hybridized carbons (Fsp3) is 0.500. The van der Waals surface area contributed by atoms with Gasteiger partial charge in [-0.05, 0) is 37.3 Å². The van der Waals surface area contributed by atoms with E-state index in [9.17, 15) is 18.0 Å². The van der Waals surface area contributed by atoms with E-state index in [-0.39, 0.29) is 12.0 Å². The lowest BCUT2D eigenvalue weighted by molar-refractivity contribution is 0.0937. The van der Waals surface area contributed by atoms with Crippen LogP contribution in [0.4, 0.5) is 13.2 Å². The van der Waals surface area contributed by atoms with Gasteiger partial charge in [-0.2, -0.15) is 0 Å². The number of carbonyl (C=O) groups excluding carboxylic acids is 1. The molecule has 0 aliphatic heterocycles. The van der Waals surface area contributed by atoms with E-state index in [0.717, 1.165) is 37.8 Å². The average molecular weight is 286 g/mol. The number of amides is 1. The largest absolute Gasteiger partial charge is 0.352 e. The molecule has 0 radical (unpaired) electrons. The van der Waals surface area contributed by atoms with Crippen LogP contribution in [0.3, 0.4) is 0 Å². The molecule has 0 saturated heterocycles. The molecule has 1 aliphatic carbocycles. The summed E-state index contributed by atoms with van der Waals surface area (Å²) in [6.45, 7) is 0.366. The number of halogens is 3. The topological polar surface area (TPSA) is 55.1 Å². The first-order chi connectivity index (χ1) is 9.49. The molecule has 3 N–H and O–H groups in total. The molecule has 1 aliphatic rings. The molecule has 6 heteroatoms. The first kappa shape index (κ1) is 14.8. The molecule has 1 amide bonds. The van der Waals surface area contributed by atoms with Crippen LogP contribution in [0.25, 0.3) is 0 Å². The Morgan fingerprint density at radius 3 is 2.70 bits per heavy atom. The molecular weight excluding hydrogens is 269 g/mol. The standard InChI is InChI=1S/C14H17F3N2O/c15-11-5-4-10(12(16)13(11)17)14(20)19-7-8-2-1-3-9(18)6-8/h4-5,8-9H,1-3,6-7,18H2,(H,19,20). The molecule has 0 aromatic heterocycles. The van der Waals surface area contributed by atoms with Gasteiger partial charge in [0.25, 0.3) is 5.91 Å². The van der Waals surface area contributed by atoms with Crippen molar-refractivity contribution in [2.75, 3.05) is 6.54 Å². The lowest BCUT2D eigenvalue weighted by Crippen LogP contribution is -2.36. The van der Waals surface area contributed by atoms with Gasteiger partial charge in [0, 0.05) is 12.6 Å². The quantitative estimate of drug-likeness (QED) is 0.838. The predicted molar refractivity (Wildman–Crippen MR) is 68.6 cm³/mol. The van der Waals surface area contributed by atoms with Crippen LogP contribution in [0.1, 0.15) is 36.0 Å². The van der Waals surface area contributed by atoms with E-state index in [0.29, 0.717) is 6.54 Å². The van der Waals surface area contributed by atoms with E-state index in [4.69, 9.17) is 5.73 Å². The molecule has 1 fully saturated rings. The van der Waals surface area contributed by atoms with Crippen molar-refractivity contribution in [1.82, 2.24) is 5.32 Å². The lowest BCUT2D eigenvalue weighted by Gasteiger charge is -2.26. The van der Waals surface area contributed by atoms with Crippen LogP contribution in [0, 0.1) is 23.4 Å². The maximum absolute atomic E-state index is 13.4. The molecule has 2 atom stereocenters. The second-order valence-electron chi connectivity index (χ2n) is 5.23. The Balaban J connectivity index is 1.97. The maximum Gasteiger partial charge on any atom is 0.254 e. The number of hydrogen-bond acceptors (Lipinski definition) is 2. The van der Waals surface area contributed by atoms with Crippen molar-refractivity contribution in [2.24, 2.45) is 11.7 Å². The molecule has 2 unspecified atom stereocenters. The minimum Gasteiger partial charge on any atom is -0.352 e. The Bertz CT molecular complexity index is 507. The molecular formula is C14H17F3N2O. The predicted octanol–water partition coefficient (Wildman–Crippen LogP) is 2.35. The molecule has 0 bridgehead atoms. The Hall–Kier alpha value is -1.56. The summed E-state index contributed by atoms with van der Waals surface area (Å²) >= 11 is 0. The zero-order chi connectivity index (χ0) is 14.7. The number of nitrogens with two attached hydrogens (primary N) is 1. The van der Waals surface area contributed by atoms with Crippen molar-refractivity contribution in [3.05, 3.63) is 35.1 Å². The summed E-state index contributed by atoms with van der Waals surface area (Å²) < 4.78 is 39.3. The van der Waals surface area contributed by atoms with E-state index in [2.05, 4.69) is 5.32 Å². The summed E-state index contributed by atoms with van der Waals surface area (Å²) in [6, 6.07) is 1.81. The molecule has 0 heterocycles. The summed E-state index contributed by atoms with van der Waals surface area (Å²) in [5, 5.41) is 2.55. The molecule has 1 aromatic carbocycles. The molecule has 2 rings (SSSR count). The highest BCUT2D eigenvalue weighted by Crippen LogP contribution is 2.22. The van der Waals surface area contributed by atoms with Gasteiger partial charge in [-0.3, -0.25) is 4.79 Å². The van der Waals surface area contributed by atoms with E-state index in [1.807, 2.05) is 0 Å². The minimum absolute atomic E-state index is 0.130. The van der Waals surface area contributed by atoms with Crippen LogP contribution < -0.4 is 11.1 Å². The summed E-state index contributed by atoms with van der Waals surface area (Å²) in [5.74, 6) is -4.88. The van der Waals surface area contributed by atoms with Crippen molar-refractivity contribution >= 4 is 5.91 Å². The van der Waals surface area contributed by atoms with Gasteiger partial charge in [-0.1, -0.05) is 6.42 Å². The van der Waals surface area contributed by atoms with Crippen LogP contribution in [-0.2, 0) is 0 Å². The Morgan fingerprint density at radius 1 is 1.25 bits per heavy atom. The molecule has 20 heavy (non-hydrogen) atoms. The van der Waals surface area contributed by atoms with Crippen LogP contribution in [0.15, 0.2) is 12.1 Å². The van der Waals surface area contributed by atoms with Gasteiger partial charge in [-0.25, -0.2) is 13.2 Å². The summed E-state index contributed by atoms with van der Waals surface area (Å²) in [4.78, 5) is 11.8. The van der Waals surface area contributed by atoms with Crippen LogP contribution in [0.5, 0.6) is 0 Å². The minimum atomic E-state index is -1.63. The molecule has 0 spiro atoms. The smallest absolute Gasteiger partial charge is 0.254 e. The zero-order valence-corrected chi connectivity index (χ0v) is 11.0. The normalized spacial score (nSPS) is 22.6. The summed E-state index contributed by atoms with van der Waals surface area (Å²) in [6.07, 6.45) is 3.73. The molecule has 1 saturated carbocycles. The van der Waals surface area contributed by atoms with Gasteiger partial charge in [0.1, 0.15) is 0 Å². The Kier molecular flexibility index (Phi) is 4.65. The Morgan fingerprint density at radius 2 is 2.00 bits per heavy atom. The van der Waals surface area contributed by atoms with Crippen LogP contribution in [0.2, 0.25) is 0 Å². The van der Waals surface area contributed by atoms with Crippen molar-refractivity contribution in [1.29, 1.82) is 0 Å². The fourth-order valence-corrected chi connectivity index (χ4v) is 2.55. The number of hydrogen-bond donors (Lipinski definition) is 2. The van der Waals surface area contributed by atoms with Crippen molar-refractivity contribution in [2.45, 2.75) is 31.7 Å². The van der Waals surface area contributed by atoms with Gasteiger partial charge in [0.05, 0.1) is 5.56 Å². The molecule has 110 valence electrons. The number of rotatable bonds is 3. The second kappa shape index (κ2) is 6.26. The monoisotopic (exact) mass is 286 g/mol. The highest BCUT2D eigenvalue weighted by atomic mass is 19.2. The maximum atomic E-state index is 13.4. The van der Waals surface area contributed by atoms with Gasteiger partial charge in [0.15, 0.2) is 17.5 Å². The Labute approximate surface area is 115 Å². The number of nitrogens with one attached hydrogen (secondary N) is 1. The fourth-order valence-electron chi connectivity index (χ4n) is 2.55. The van der Waals surface area contributed by atoms with Gasteiger partial charge < -0.3 is 11.1 Å². The highest BCUT2D eigenvalue weighted by molar-refractivity contribution is 5.94. The van der Waals surface area contributed by atoms with E-state index >= 15 is 0 Å². The van der Waals surface area contributed by atoms with Crippen LogP contribution >= 0.6 is 0 Å². The van der Waals surface area contributed by atoms with Crippen molar-refractivity contribution < 1.29 is 18.0 Å². The van der Waals surface area contributed by atoms with E-state index in [1.165, 1.54) is 0 Å². The summed E-state index contributed by atoms with van der Waals surface area (Å²) in [7, 11) is 0. The van der Waals surface area contributed by atoms with E-state index in [1.54, 1.807) is 0 Å². The summed E-state index contributed by atoms with van der Waals surface area (Å²) in [5.41, 5.74) is 5.36. The number of carbonyl (C=O) groups is 1. The third-order valence-corrected chi connectivity index (χ3v) is 3.65. The second-order valence-corrected chi connectivity index (χ2v) is 5.23. The van der Waals surface area contributed by atoms with Crippen LogP contribution in [-0.4, -0.2) is 18.5 Å². The first-order valence-corrected chi connectivity index (χ1v) is 6.66. The number of benzene rings is 1. The molecule has 1 aromatic rings. The lowest BCUT2D eigenvalue weighted by atomic mass is 9.86. The van der Waals surface area contributed by atoms with Gasteiger partial charge in [-0.15, -0.1) is 0 Å². The van der Waals surface area contributed by atoms with Gasteiger partial charge >= 0.3 is 0 Å². The zero-order valence-electron chi connectivity index (χ0n) is 11.0.